The molecule has 0 aromatic carbocycles. The Kier molecular flexibility index (Phi) is 72.4. The first-order valence-corrected chi connectivity index (χ1v) is 43.1. The molecule has 0 aromatic rings. The van der Waals surface area contributed by atoms with Crippen molar-refractivity contribution >= 4 is 39.5 Å². The van der Waals surface area contributed by atoms with Crippen LogP contribution in [0.3, 0.4) is 0 Å². The molecule has 0 aliphatic heterocycles. The number of phosphoric ester groups is 2. The molecule has 0 saturated carbocycles. The first-order valence-electron chi connectivity index (χ1n) is 40.1. The molecular weight excluding hydrogens is 1350 g/mol. The molecule has 0 aliphatic carbocycles. The SMILES string of the molecule is CC/C=C\C/C=C\C/C=C\C/C=C\C/C=C\C/C=C\CCC(=O)OCC(COP(=O)(O)OCC(O)COP(=O)(O)OCC(COC(=O)CCCCC/C=C\C/C=C\C/C=C\C/C=C\C/C=C\CC)OC(=O)CCCCCCCCCCCCC)OC(=O)CCCCCCC/C=C\CCCCCCCC. The summed E-state index contributed by atoms with van der Waals surface area (Å²) in [5, 5.41) is 10.6. The number of hydrogen-bond acceptors (Lipinski definition) is 15. The third-order valence-corrected chi connectivity index (χ3v) is 18.2. The number of aliphatic hydroxyl groups is 1. The monoisotopic (exact) mass is 1500 g/mol. The molecule has 0 amide bonds. The van der Waals surface area contributed by atoms with E-state index in [0.29, 0.717) is 32.1 Å². The van der Waals surface area contributed by atoms with Gasteiger partial charge in [0.1, 0.15) is 19.3 Å². The molecule has 17 nitrogen and oxygen atoms in total. The van der Waals surface area contributed by atoms with E-state index in [4.69, 9.17) is 37.0 Å². The van der Waals surface area contributed by atoms with Gasteiger partial charge in [0.25, 0.3) is 0 Å². The largest absolute Gasteiger partial charge is 0.472 e. The summed E-state index contributed by atoms with van der Waals surface area (Å²) in [4.78, 5) is 72.9. The van der Waals surface area contributed by atoms with Crippen molar-refractivity contribution in [1.29, 1.82) is 0 Å². The Labute approximate surface area is 630 Å². The molecule has 594 valence electrons. The highest BCUT2D eigenvalue weighted by molar-refractivity contribution is 7.47. The summed E-state index contributed by atoms with van der Waals surface area (Å²) in [6.45, 7) is 4.51. The van der Waals surface area contributed by atoms with Gasteiger partial charge in [0.2, 0.25) is 0 Å². The number of aliphatic hydroxyl groups excluding tert-OH is 1. The van der Waals surface area contributed by atoms with Crippen molar-refractivity contribution in [2.24, 2.45) is 0 Å². The molecule has 0 aliphatic rings. The van der Waals surface area contributed by atoms with Crippen molar-refractivity contribution in [1.82, 2.24) is 0 Å². The van der Waals surface area contributed by atoms with Crippen molar-refractivity contribution in [2.75, 3.05) is 39.6 Å². The van der Waals surface area contributed by atoms with Crippen molar-refractivity contribution in [3.05, 3.63) is 146 Å². The van der Waals surface area contributed by atoms with E-state index < -0.39 is 97.5 Å². The average molecular weight is 1500 g/mol. The average Bonchev–Trinajstić information content (AvgIpc) is 0.929. The first-order chi connectivity index (χ1) is 50.7. The van der Waals surface area contributed by atoms with Crippen LogP contribution in [0.4, 0.5) is 0 Å². The highest BCUT2D eigenvalue weighted by atomic mass is 31.2. The van der Waals surface area contributed by atoms with Crippen LogP contribution < -0.4 is 0 Å². The van der Waals surface area contributed by atoms with Crippen molar-refractivity contribution in [3.8, 4) is 0 Å². The van der Waals surface area contributed by atoms with E-state index in [1.807, 2.05) is 18.2 Å². The minimum Gasteiger partial charge on any atom is -0.462 e. The van der Waals surface area contributed by atoms with Crippen LogP contribution in [-0.2, 0) is 65.4 Å². The number of carbonyl (C=O) groups is 4. The maximum absolute atomic E-state index is 13.1. The zero-order valence-electron chi connectivity index (χ0n) is 64.9. The van der Waals surface area contributed by atoms with Crippen molar-refractivity contribution < 1.29 is 80.2 Å². The van der Waals surface area contributed by atoms with E-state index >= 15 is 0 Å². The Balaban J connectivity index is 5.42. The zero-order chi connectivity index (χ0) is 76.0. The van der Waals surface area contributed by atoms with Gasteiger partial charge >= 0.3 is 39.5 Å². The third-order valence-electron chi connectivity index (χ3n) is 16.3. The molecule has 104 heavy (non-hydrogen) atoms. The third kappa shape index (κ3) is 75.2. The van der Waals surface area contributed by atoms with E-state index in [1.165, 1.54) is 77.0 Å². The van der Waals surface area contributed by atoms with Gasteiger partial charge < -0.3 is 33.8 Å². The highest BCUT2D eigenvalue weighted by Gasteiger charge is 2.30. The predicted molar refractivity (Wildman–Crippen MR) is 427 cm³/mol. The normalized spacial score (nSPS) is 14.6. The Bertz CT molecular complexity index is 2540. The number of carbonyl (C=O) groups excluding carboxylic acids is 4. The molecule has 0 spiro atoms. The predicted octanol–water partition coefficient (Wildman–Crippen LogP) is 23.4. The second-order valence-electron chi connectivity index (χ2n) is 26.2. The molecule has 5 unspecified atom stereocenters. The quantitative estimate of drug-likeness (QED) is 0.0169. The number of phosphoric acid groups is 2. The molecule has 0 bridgehead atoms. The minimum absolute atomic E-state index is 0.0314. The van der Waals surface area contributed by atoms with E-state index in [2.05, 4.69) is 155 Å². The van der Waals surface area contributed by atoms with Crippen molar-refractivity contribution in [2.45, 2.75) is 329 Å². The summed E-state index contributed by atoms with van der Waals surface area (Å²) in [6, 6.07) is 0. The van der Waals surface area contributed by atoms with Gasteiger partial charge in [-0.05, 0) is 135 Å². The number of esters is 4. The lowest BCUT2D eigenvalue weighted by atomic mass is 10.1. The van der Waals surface area contributed by atoms with Crippen LogP contribution in [0.1, 0.15) is 310 Å². The molecule has 0 aromatic heterocycles. The summed E-state index contributed by atoms with van der Waals surface area (Å²) < 4.78 is 68.5. The fourth-order valence-corrected chi connectivity index (χ4v) is 11.8. The smallest absolute Gasteiger partial charge is 0.462 e. The lowest BCUT2D eigenvalue weighted by Gasteiger charge is -2.21. The molecule has 0 radical (unpaired) electrons. The topological polar surface area (TPSA) is 237 Å². The maximum atomic E-state index is 13.1. The van der Waals surface area contributed by atoms with Crippen LogP contribution in [0, 0.1) is 0 Å². The van der Waals surface area contributed by atoms with Crippen LogP contribution in [0.25, 0.3) is 0 Å². The van der Waals surface area contributed by atoms with E-state index in [1.54, 1.807) is 0 Å². The molecule has 3 N–H and O–H groups in total. The van der Waals surface area contributed by atoms with Gasteiger partial charge in [0.15, 0.2) is 12.2 Å². The number of rotatable bonds is 74. The lowest BCUT2D eigenvalue weighted by molar-refractivity contribution is -0.161. The van der Waals surface area contributed by atoms with Gasteiger partial charge in [0, 0.05) is 25.7 Å². The zero-order valence-corrected chi connectivity index (χ0v) is 66.7. The standard InChI is InChI=1S/C85H142O17P2/c1-5-9-13-17-21-25-29-32-35-37-39-41-44-46-50-53-57-61-65-69-82(87)95-75-80(101-84(89)71-67-63-59-55-49-28-24-20-16-12-8-4)77-99-103(91,92)97-73-79(86)74-98-104(93,94)100-78-81(102-85(90)72-68-64-60-56-52-48-43-34-31-27-23-19-15-11-7-3)76-96-83(88)70-66-62-58-54-51-47-45-42-40-38-36-33-30-26-22-18-14-10-6-2/h9-10,13-14,21-22,25-26,32-36,39-43,46-47,50-51,58,62,79-81,86H,5-8,11-12,15-20,23-24,27-31,37-38,44-45,48-49,52-57,59-61,63-78H2,1-4H3,(H,91,92)(H,93,94)/b13-9-,14-10-,25-21-,26-22-,35-32-,36-33-,41-39-,42-40-,43-34-,50-46-,51-47-,62-58-. The number of allylic oxidation sites excluding steroid dienone is 24. The molecule has 19 heteroatoms. The second kappa shape index (κ2) is 76.1. The van der Waals surface area contributed by atoms with Gasteiger partial charge in [-0.2, -0.15) is 0 Å². The molecule has 0 heterocycles. The van der Waals surface area contributed by atoms with E-state index in [-0.39, 0.29) is 25.7 Å². The second-order valence-corrected chi connectivity index (χ2v) is 29.2. The highest BCUT2D eigenvalue weighted by Crippen LogP contribution is 2.45. The van der Waals surface area contributed by atoms with Gasteiger partial charge in [-0.3, -0.25) is 37.3 Å². The Morgan fingerprint density at radius 2 is 0.519 bits per heavy atom. The van der Waals surface area contributed by atoms with Gasteiger partial charge in [-0.15, -0.1) is 0 Å². The molecule has 0 saturated heterocycles. The molecular formula is C85H142O17P2. The minimum atomic E-state index is -5.00. The number of hydrogen-bond donors (Lipinski definition) is 3. The first kappa shape index (κ1) is 98.9. The van der Waals surface area contributed by atoms with Crippen LogP contribution in [0.15, 0.2) is 146 Å². The number of ether oxygens (including phenoxy) is 4. The Morgan fingerprint density at radius 1 is 0.279 bits per heavy atom. The summed E-state index contributed by atoms with van der Waals surface area (Å²) in [7, 11) is -9.99. The molecule has 0 fully saturated rings. The van der Waals surface area contributed by atoms with Crippen molar-refractivity contribution in [3.63, 3.8) is 0 Å². The summed E-state index contributed by atoms with van der Waals surface area (Å²) in [5.74, 6) is -2.32. The summed E-state index contributed by atoms with van der Waals surface area (Å²) in [6.07, 6.45) is 87.0. The fourth-order valence-electron chi connectivity index (χ4n) is 10.3. The maximum Gasteiger partial charge on any atom is 0.472 e. The van der Waals surface area contributed by atoms with E-state index in [9.17, 15) is 43.2 Å². The van der Waals surface area contributed by atoms with Gasteiger partial charge in [-0.1, -0.05) is 296 Å². The van der Waals surface area contributed by atoms with Crippen LogP contribution in [0.5, 0.6) is 0 Å². The molecule has 5 atom stereocenters. The Hall–Kier alpha value is -5.06. The van der Waals surface area contributed by atoms with Crippen LogP contribution >= 0.6 is 15.6 Å². The molecule has 0 rings (SSSR count). The fraction of sp³-hybridized carbons (Fsp3) is 0.671. The van der Waals surface area contributed by atoms with Gasteiger partial charge in [-0.25, -0.2) is 9.13 Å². The Morgan fingerprint density at radius 3 is 0.846 bits per heavy atom. The van der Waals surface area contributed by atoms with Crippen LogP contribution in [-0.4, -0.2) is 96.7 Å². The van der Waals surface area contributed by atoms with E-state index in [0.717, 1.165) is 148 Å². The lowest BCUT2D eigenvalue weighted by Crippen LogP contribution is -2.30. The van der Waals surface area contributed by atoms with Crippen LogP contribution in [0.2, 0.25) is 0 Å². The van der Waals surface area contributed by atoms with Gasteiger partial charge in [0.05, 0.1) is 26.4 Å². The number of unbranched alkanes of at least 4 members (excludes halogenated alkanes) is 24. The summed E-state index contributed by atoms with van der Waals surface area (Å²) in [5.41, 5.74) is 0. The summed E-state index contributed by atoms with van der Waals surface area (Å²) >= 11 is 0.